The molecular formula is C78H38N2O6. The molecule has 0 saturated carbocycles. The molecule has 0 bridgehead atoms. The Morgan fingerprint density at radius 2 is 0.419 bits per heavy atom. The predicted molar refractivity (Wildman–Crippen MR) is 347 cm³/mol. The van der Waals surface area contributed by atoms with Gasteiger partial charge in [-0.15, -0.1) is 0 Å². The number of hydrogen-bond acceptors (Lipinski definition) is 8. The van der Waals surface area contributed by atoms with Crippen molar-refractivity contribution in [2.45, 2.75) is 21.7 Å². The van der Waals surface area contributed by atoms with Gasteiger partial charge in [-0.25, -0.2) is 0 Å². The quantitative estimate of drug-likeness (QED) is 0.0622. The lowest BCUT2D eigenvalue weighted by Crippen LogP contribution is -2.59. The van der Waals surface area contributed by atoms with E-state index in [-0.39, 0.29) is 21.7 Å². The van der Waals surface area contributed by atoms with Crippen LogP contribution < -0.4 is 5.22 Å². The molecule has 8 heteroatoms. The first-order valence-electron chi connectivity index (χ1n) is 32.5. The van der Waals surface area contributed by atoms with E-state index < -0.39 is 0 Å². The summed E-state index contributed by atoms with van der Waals surface area (Å²) in [5.74, 6) is 0. The van der Waals surface area contributed by atoms with E-state index in [0.717, 1.165) is 39.3 Å². The number of nitrogens with zero attached hydrogens (tertiary/aromatic N) is 2. The van der Waals surface area contributed by atoms with Crippen LogP contribution in [0.1, 0.15) is 33.4 Å². The van der Waals surface area contributed by atoms with Gasteiger partial charge in [0.1, 0.15) is 0 Å². The predicted octanol–water partition coefficient (Wildman–Crippen LogP) is 14.0. The number of rotatable bonds is 18. The molecule has 2 heterocycles. The molecule has 86 heavy (non-hydrogen) atoms. The fraction of sp³-hybridized carbons (Fsp3) is 0.282. The standard InChI is InChI=1S/C78H38N2O6/c1-81-7-9-85-13-11-83-5-3-79-15-75-68-57-47-37-27-21-19-20-25-31(27)41(47)51-43-33(25)34-26(20)32-28-22(19)24-23(21)29-35-36-30(24)40-38(28)48-42(32)52-44(34)54-53(43)63(61(51)68)72-73-64(54)62(52)69-58(48)60-50(40)46(36)56-55-45(35)49(39(29)37)59(57)70(75)65(55)67-66(56)71(60)76(69)16-80(4-6-84-12-14-86-10-8-82-2)18-78(73,76)74(67)77(72,75)17-79/h3-18H2,1-2H3. The van der Waals surface area contributed by atoms with Crippen LogP contribution in [-0.2, 0) is 50.1 Å². The molecule has 25 aromatic rings. The van der Waals surface area contributed by atoms with Crippen molar-refractivity contribution in [2.24, 2.45) is 0 Å². The number of likely N-dealkylation sites (tertiary alicyclic amines) is 2. The molecule has 4 spiro atoms. The monoisotopic (exact) mass is 1100 g/mol. The van der Waals surface area contributed by atoms with Gasteiger partial charge in [0.15, 0.2) is 0 Å². The van der Waals surface area contributed by atoms with Crippen molar-refractivity contribution < 1.29 is 28.4 Å². The number of hydrogen-bond donors (Lipinski definition) is 0. The average molecular weight is 1100 g/mol. The highest BCUT2D eigenvalue weighted by molar-refractivity contribution is 6.80. The normalized spacial score (nSPS) is 25.8. The maximum Gasteiger partial charge on any atom is 0.0701 e. The average Bonchev–Trinajstić information content (AvgIpc) is 1.37. The maximum atomic E-state index is 6.72. The smallest absolute Gasteiger partial charge is 0.0701 e. The van der Waals surface area contributed by atoms with Crippen molar-refractivity contribution in [1.29, 1.82) is 0 Å². The van der Waals surface area contributed by atoms with E-state index in [1.807, 2.05) is 16.7 Å². The molecule has 2 aliphatic heterocycles. The van der Waals surface area contributed by atoms with Gasteiger partial charge < -0.3 is 28.4 Å². The van der Waals surface area contributed by atoms with Crippen molar-refractivity contribution >= 4 is 264 Å². The molecule has 34 rings (SSSR count). The van der Waals surface area contributed by atoms with Crippen LogP contribution in [0.3, 0.4) is 0 Å². The molecule has 0 radical (unpaired) electrons. The fourth-order valence-corrected chi connectivity index (χ4v) is 28.9. The molecule has 396 valence electrons. The minimum absolute atomic E-state index is 0.274. The first kappa shape index (κ1) is 38.5. The van der Waals surface area contributed by atoms with Crippen molar-refractivity contribution in [2.75, 3.05) is 120 Å². The Labute approximate surface area is 479 Å². The first-order valence-corrected chi connectivity index (χ1v) is 32.5. The Morgan fingerprint density at radius 3 is 0.686 bits per heavy atom. The summed E-state index contributed by atoms with van der Waals surface area (Å²) in [6.07, 6.45) is 0. The Morgan fingerprint density at radius 1 is 0.221 bits per heavy atom. The molecule has 2 fully saturated rings. The minimum atomic E-state index is -0.279. The van der Waals surface area contributed by atoms with E-state index in [1.165, 1.54) is 0 Å². The Bertz CT molecular complexity index is 7190. The van der Waals surface area contributed by atoms with Crippen LogP contribution in [0.15, 0.2) is 0 Å². The molecule has 4 atom stereocenters. The van der Waals surface area contributed by atoms with Gasteiger partial charge in [0.25, 0.3) is 0 Å². The molecule has 0 amide bonds. The molecule has 0 aromatic heterocycles. The summed E-state index contributed by atoms with van der Waals surface area (Å²) in [7, 11) is 3.50. The third-order valence-electron chi connectivity index (χ3n) is 29.4. The van der Waals surface area contributed by atoms with Crippen LogP contribution in [0.4, 0.5) is 0 Å². The van der Waals surface area contributed by atoms with Crippen molar-refractivity contribution in [3.8, 4) is 0 Å². The summed E-state index contributed by atoms with van der Waals surface area (Å²) in [5, 5.41) is 82.0. The second-order valence-corrected chi connectivity index (χ2v) is 30.5. The zero-order chi connectivity index (χ0) is 53.0. The highest BCUT2D eigenvalue weighted by Gasteiger charge is 2.83. The second-order valence-electron chi connectivity index (χ2n) is 30.5. The van der Waals surface area contributed by atoms with E-state index in [9.17, 15) is 0 Å². The summed E-state index contributed by atoms with van der Waals surface area (Å²) in [4.78, 5) is 6.01. The molecule has 2 saturated heterocycles. The van der Waals surface area contributed by atoms with Crippen LogP contribution in [0.2, 0.25) is 0 Å². The van der Waals surface area contributed by atoms with Gasteiger partial charge in [0, 0.05) is 64.3 Å². The maximum absolute atomic E-state index is 6.72. The molecule has 0 N–H and O–H groups in total. The second kappa shape index (κ2) is 10.0. The summed E-state index contributed by atoms with van der Waals surface area (Å²) < 4.78 is 36.1. The van der Waals surface area contributed by atoms with Crippen LogP contribution in [0.5, 0.6) is 0 Å². The highest BCUT2D eigenvalue weighted by atomic mass is 16.5. The summed E-state index contributed by atoms with van der Waals surface area (Å²) in [6.45, 7) is 12.2. The summed E-state index contributed by atoms with van der Waals surface area (Å²) >= 11 is 0. The van der Waals surface area contributed by atoms with Crippen molar-refractivity contribution in [3.05, 3.63) is 38.6 Å². The molecule has 9 aliphatic rings. The number of ether oxygens (including phenoxy) is 6. The van der Waals surface area contributed by atoms with Crippen molar-refractivity contribution in [3.63, 3.8) is 0 Å². The van der Waals surface area contributed by atoms with Crippen molar-refractivity contribution in [1.82, 2.24) is 9.80 Å². The highest BCUT2D eigenvalue weighted by Crippen LogP contribution is 2.89. The van der Waals surface area contributed by atoms with Gasteiger partial charge in [-0.1, -0.05) is 0 Å². The van der Waals surface area contributed by atoms with Crippen LogP contribution in [0, 0.1) is 0 Å². The fourth-order valence-electron chi connectivity index (χ4n) is 28.9. The van der Waals surface area contributed by atoms with Gasteiger partial charge >= 0.3 is 0 Å². The third kappa shape index (κ3) is 2.48. The lowest BCUT2D eigenvalue weighted by Gasteiger charge is -2.54. The number of methoxy groups -OCH3 is 2. The molecule has 8 nitrogen and oxygen atoms in total. The van der Waals surface area contributed by atoms with E-state index in [2.05, 4.69) is 9.80 Å². The Kier molecular flexibility index (Phi) is 4.49. The SMILES string of the molecule is COCCOCCOCCN1CC23C4=c5c6c7c8c9c(c%10c%11c2c2c%12c%13c%14c%15c%16c(c5c5c6c6c8c8c%17c9c9c%10c%10c%11c%12c%11c%13c%12c%15c%13c%15c%16c5c5c6c8c6c(c%155)c5c%13c%12c8c%11c%10c%10c9c%17c6c5c%108)C%145CN(CCOCCOCCOC)CC425)C73C1. The lowest BCUT2D eigenvalue weighted by molar-refractivity contribution is 0.0204. The van der Waals surface area contributed by atoms with Gasteiger partial charge in [0.2, 0.25) is 0 Å². The molecule has 4 unspecified atom stereocenters. The van der Waals surface area contributed by atoms with Gasteiger partial charge in [-0.2, -0.15) is 0 Å². The summed E-state index contributed by atoms with van der Waals surface area (Å²) in [6, 6.07) is 0. The Hall–Kier alpha value is -7.60. The number of benzene rings is 16. The zero-order valence-electron chi connectivity index (χ0n) is 46.7. The minimum Gasteiger partial charge on any atom is -0.382 e. The van der Waals surface area contributed by atoms with E-state index in [0.29, 0.717) is 66.1 Å². The zero-order valence-corrected chi connectivity index (χ0v) is 46.7. The van der Waals surface area contributed by atoms with Crippen LogP contribution in [-0.4, -0.2) is 129 Å². The third-order valence-corrected chi connectivity index (χ3v) is 29.4. The lowest BCUT2D eigenvalue weighted by atomic mass is 9.45. The topological polar surface area (TPSA) is 61.9 Å². The van der Waals surface area contributed by atoms with E-state index in [1.54, 1.807) is 300 Å². The molecule has 25 aromatic carbocycles. The van der Waals surface area contributed by atoms with E-state index in [4.69, 9.17) is 28.4 Å². The van der Waals surface area contributed by atoms with Gasteiger partial charge in [-0.3, -0.25) is 9.80 Å². The summed E-state index contributed by atoms with van der Waals surface area (Å²) in [5.41, 5.74) is 11.5. The van der Waals surface area contributed by atoms with Crippen LogP contribution >= 0.6 is 0 Å². The van der Waals surface area contributed by atoms with Gasteiger partial charge in [0.05, 0.1) is 76.9 Å². The Balaban J connectivity index is 0.870. The molecule has 7 aliphatic carbocycles. The van der Waals surface area contributed by atoms with Crippen LogP contribution in [0.25, 0.3) is 264 Å². The first-order chi connectivity index (χ1) is 42.8. The largest absolute Gasteiger partial charge is 0.382 e. The van der Waals surface area contributed by atoms with E-state index >= 15 is 0 Å². The van der Waals surface area contributed by atoms with Gasteiger partial charge in [-0.05, 0) is 303 Å². The molecular weight excluding hydrogens is 1060 g/mol.